The fourth-order valence-electron chi connectivity index (χ4n) is 2.00. The van der Waals surface area contributed by atoms with Crippen molar-refractivity contribution in [1.82, 2.24) is 4.98 Å². The van der Waals surface area contributed by atoms with Crippen LogP contribution in [0.5, 0.6) is 0 Å². The summed E-state index contributed by atoms with van der Waals surface area (Å²) in [6, 6.07) is 11.3. The zero-order valence-electron chi connectivity index (χ0n) is 11.3. The van der Waals surface area contributed by atoms with E-state index in [4.69, 9.17) is 5.73 Å². The zero-order chi connectivity index (χ0) is 13.8. The van der Waals surface area contributed by atoms with E-state index < -0.39 is 0 Å². The molecule has 0 aliphatic carbocycles. The van der Waals surface area contributed by atoms with E-state index in [2.05, 4.69) is 43.1 Å². The van der Waals surface area contributed by atoms with Crippen LogP contribution in [0.15, 0.2) is 42.6 Å². The van der Waals surface area contributed by atoms with Gasteiger partial charge in [0.05, 0.1) is 17.9 Å². The molecule has 0 aliphatic rings. The first kappa shape index (κ1) is 13.7. The first-order chi connectivity index (χ1) is 9.06. The number of nitrogens with two attached hydrogens (primary N) is 1. The van der Waals surface area contributed by atoms with Gasteiger partial charge < -0.3 is 5.73 Å². The lowest BCUT2D eigenvalue weighted by Gasteiger charge is -2.12. The molecular weight excluding hydrogens is 239 g/mol. The van der Waals surface area contributed by atoms with Crippen LogP contribution in [0, 0.1) is 5.82 Å². The molecule has 0 spiro atoms. The Bertz CT molecular complexity index is 517. The summed E-state index contributed by atoms with van der Waals surface area (Å²) in [4.78, 5) is 4.02. The minimum absolute atomic E-state index is 0.203. The van der Waals surface area contributed by atoms with Gasteiger partial charge in [0, 0.05) is 0 Å². The molecule has 100 valence electrons. The first-order valence-corrected chi connectivity index (χ1v) is 6.52. The number of aromatic nitrogens is 1. The lowest BCUT2D eigenvalue weighted by atomic mass is 9.98. The smallest absolute Gasteiger partial charge is 0.141 e. The Morgan fingerprint density at radius 3 is 2.32 bits per heavy atom. The SMILES string of the molecule is CC(C)c1ccc(CC(N)c2ccc(F)cn2)cc1. The predicted octanol–water partition coefficient (Wildman–Crippen LogP) is 3.59. The van der Waals surface area contributed by atoms with Gasteiger partial charge >= 0.3 is 0 Å². The van der Waals surface area contributed by atoms with Crippen molar-refractivity contribution in [3.05, 3.63) is 65.2 Å². The third-order valence-corrected chi connectivity index (χ3v) is 3.23. The highest BCUT2D eigenvalue weighted by Gasteiger charge is 2.09. The second-order valence-electron chi connectivity index (χ2n) is 5.11. The number of rotatable bonds is 4. The van der Waals surface area contributed by atoms with Gasteiger partial charge in [0.2, 0.25) is 0 Å². The molecule has 19 heavy (non-hydrogen) atoms. The summed E-state index contributed by atoms with van der Waals surface area (Å²) in [6.07, 6.45) is 1.91. The molecule has 2 nitrogen and oxygen atoms in total. The van der Waals surface area contributed by atoms with Crippen molar-refractivity contribution >= 4 is 0 Å². The van der Waals surface area contributed by atoms with Gasteiger partial charge in [-0.15, -0.1) is 0 Å². The Kier molecular flexibility index (Phi) is 4.27. The lowest BCUT2D eigenvalue weighted by Crippen LogP contribution is -2.15. The maximum Gasteiger partial charge on any atom is 0.141 e. The van der Waals surface area contributed by atoms with Gasteiger partial charge in [-0.3, -0.25) is 4.98 Å². The summed E-state index contributed by atoms with van der Waals surface area (Å²) >= 11 is 0. The topological polar surface area (TPSA) is 38.9 Å². The van der Waals surface area contributed by atoms with Gasteiger partial charge in [0.1, 0.15) is 5.82 Å². The van der Waals surface area contributed by atoms with Crippen molar-refractivity contribution in [1.29, 1.82) is 0 Å². The largest absolute Gasteiger partial charge is 0.322 e. The Hall–Kier alpha value is -1.74. The molecule has 0 radical (unpaired) electrons. The van der Waals surface area contributed by atoms with Crippen LogP contribution in [-0.2, 0) is 6.42 Å². The van der Waals surface area contributed by atoms with Crippen molar-refractivity contribution in [3.63, 3.8) is 0 Å². The van der Waals surface area contributed by atoms with Gasteiger partial charge in [0.25, 0.3) is 0 Å². The number of pyridine rings is 1. The first-order valence-electron chi connectivity index (χ1n) is 6.52. The van der Waals surface area contributed by atoms with Crippen molar-refractivity contribution < 1.29 is 4.39 Å². The molecule has 1 aromatic heterocycles. The average Bonchev–Trinajstić information content (AvgIpc) is 2.40. The second-order valence-corrected chi connectivity index (χ2v) is 5.11. The number of halogens is 1. The average molecular weight is 258 g/mol. The predicted molar refractivity (Wildman–Crippen MR) is 75.4 cm³/mol. The summed E-state index contributed by atoms with van der Waals surface area (Å²) in [7, 11) is 0. The van der Waals surface area contributed by atoms with Crippen molar-refractivity contribution in [2.45, 2.75) is 32.2 Å². The number of hydrogen-bond acceptors (Lipinski definition) is 2. The van der Waals surface area contributed by atoms with E-state index >= 15 is 0 Å². The van der Waals surface area contributed by atoms with Crippen molar-refractivity contribution in [2.24, 2.45) is 5.73 Å². The highest BCUT2D eigenvalue weighted by atomic mass is 19.1. The summed E-state index contributed by atoms with van der Waals surface area (Å²) in [5, 5.41) is 0. The summed E-state index contributed by atoms with van der Waals surface area (Å²) < 4.78 is 12.8. The molecule has 2 N–H and O–H groups in total. The summed E-state index contributed by atoms with van der Waals surface area (Å²) in [5.74, 6) is 0.193. The standard InChI is InChI=1S/C16H19FN2/c1-11(2)13-5-3-12(4-6-13)9-15(18)16-8-7-14(17)10-19-16/h3-8,10-11,15H,9,18H2,1-2H3. The van der Waals surface area contributed by atoms with Gasteiger partial charge in [-0.1, -0.05) is 38.1 Å². The molecular formula is C16H19FN2. The number of nitrogens with zero attached hydrogens (tertiary/aromatic N) is 1. The van der Waals surface area contributed by atoms with Gasteiger partial charge in [-0.2, -0.15) is 0 Å². The minimum Gasteiger partial charge on any atom is -0.322 e. The fraction of sp³-hybridized carbons (Fsp3) is 0.312. The normalized spacial score (nSPS) is 12.7. The minimum atomic E-state index is -0.336. The Morgan fingerprint density at radius 2 is 1.79 bits per heavy atom. The third kappa shape index (κ3) is 3.61. The number of benzene rings is 1. The highest BCUT2D eigenvalue weighted by Crippen LogP contribution is 2.18. The Morgan fingerprint density at radius 1 is 1.11 bits per heavy atom. The van der Waals surface area contributed by atoms with Crippen LogP contribution in [0.2, 0.25) is 0 Å². The molecule has 1 atom stereocenters. The molecule has 0 bridgehead atoms. The van der Waals surface area contributed by atoms with Crippen LogP contribution >= 0.6 is 0 Å². The summed E-state index contributed by atoms with van der Waals surface area (Å²) in [5.41, 5.74) is 9.29. The van der Waals surface area contributed by atoms with Crippen LogP contribution in [0.1, 0.15) is 42.6 Å². The maximum absolute atomic E-state index is 12.8. The van der Waals surface area contributed by atoms with Gasteiger partial charge in [-0.25, -0.2) is 4.39 Å². The van der Waals surface area contributed by atoms with E-state index in [0.717, 1.165) is 0 Å². The Balaban J connectivity index is 2.06. The molecule has 2 rings (SSSR count). The van der Waals surface area contributed by atoms with E-state index in [1.165, 1.54) is 23.4 Å². The summed E-state index contributed by atoms with van der Waals surface area (Å²) in [6.45, 7) is 4.34. The van der Waals surface area contributed by atoms with Crippen molar-refractivity contribution in [2.75, 3.05) is 0 Å². The second kappa shape index (κ2) is 5.93. The van der Waals surface area contributed by atoms with Crippen molar-refractivity contribution in [3.8, 4) is 0 Å². The zero-order valence-corrected chi connectivity index (χ0v) is 11.3. The molecule has 1 aromatic carbocycles. The molecule has 0 amide bonds. The van der Waals surface area contributed by atoms with E-state index in [1.54, 1.807) is 6.07 Å². The van der Waals surface area contributed by atoms with Crippen LogP contribution in [0.4, 0.5) is 4.39 Å². The quantitative estimate of drug-likeness (QED) is 0.910. The van der Waals surface area contributed by atoms with Crippen LogP contribution in [-0.4, -0.2) is 4.98 Å². The monoisotopic (exact) mass is 258 g/mol. The molecule has 0 saturated heterocycles. The molecule has 1 heterocycles. The van der Waals surface area contributed by atoms with Gasteiger partial charge in [0.15, 0.2) is 0 Å². The lowest BCUT2D eigenvalue weighted by molar-refractivity contribution is 0.612. The van der Waals surface area contributed by atoms with Crippen LogP contribution in [0.25, 0.3) is 0 Å². The molecule has 0 aliphatic heterocycles. The molecule has 1 unspecified atom stereocenters. The van der Waals surface area contributed by atoms with E-state index in [9.17, 15) is 4.39 Å². The van der Waals surface area contributed by atoms with Gasteiger partial charge in [-0.05, 0) is 35.6 Å². The third-order valence-electron chi connectivity index (χ3n) is 3.23. The van der Waals surface area contributed by atoms with E-state index in [-0.39, 0.29) is 11.9 Å². The van der Waals surface area contributed by atoms with E-state index in [0.29, 0.717) is 18.0 Å². The molecule has 0 fully saturated rings. The van der Waals surface area contributed by atoms with E-state index in [1.807, 2.05) is 0 Å². The Labute approximate surface area is 113 Å². The van der Waals surface area contributed by atoms with Crippen LogP contribution in [0.3, 0.4) is 0 Å². The number of hydrogen-bond donors (Lipinski definition) is 1. The highest BCUT2D eigenvalue weighted by molar-refractivity contribution is 5.26. The maximum atomic E-state index is 12.8. The fourth-order valence-corrected chi connectivity index (χ4v) is 2.00. The molecule has 3 heteroatoms. The molecule has 0 saturated carbocycles. The van der Waals surface area contributed by atoms with Crippen LogP contribution < -0.4 is 5.73 Å². The molecule has 2 aromatic rings.